The molecule has 0 atom stereocenters. The number of likely N-dealkylation sites (tertiary alicyclic amines) is 1. The van der Waals surface area contributed by atoms with Crippen LogP contribution < -0.4 is 16.6 Å². The summed E-state index contributed by atoms with van der Waals surface area (Å²) in [6, 6.07) is 6.98. The van der Waals surface area contributed by atoms with Crippen LogP contribution in [0.25, 0.3) is 10.2 Å². The summed E-state index contributed by atoms with van der Waals surface area (Å²) in [5, 5.41) is 4.33. The zero-order valence-electron chi connectivity index (χ0n) is 18.1. The number of nitrogens with zero attached hydrogens (tertiary/aromatic N) is 3. The number of carbonyl (C=O) groups excluding carboxylic acids is 2. The third kappa shape index (κ3) is 5.22. The van der Waals surface area contributed by atoms with Crippen LogP contribution in [0.15, 0.2) is 45.3 Å². The Hall–Kier alpha value is -3.27. The number of carbonyl (C=O) groups is 2. The minimum absolute atomic E-state index is 0.122. The molecule has 1 aliphatic heterocycles. The van der Waals surface area contributed by atoms with E-state index in [1.807, 2.05) is 0 Å². The normalized spacial score (nSPS) is 14.3. The van der Waals surface area contributed by atoms with Crippen LogP contribution in [-0.2, 0) is 22.7 Å². The minimum Gasteiger partial charge on any atom is -0.341 e. The first-order chi connectivity index (χ1) is 15.9. The smallest absolute Gasteiger partial charge is 0.332 e. The van der Waals surface area contributed by atoms with E-state index in [1.54, 1.807) is 16.3 Å². The average Bonchev–Trinajstić information content (AvgIpc) is 3.13. The van der Waals surface area contributed by atoms with Crippen molar-refractivity contribution in [2.24, 2.45) is 0 Å². The number of hydrogen-bond donors (Lipinski definition) is 1. The molecule has 33 heavy (non-hydrogen) atoms. The number of aromatic nitrogens is 2. The molecule has 1 aliphatic rings. The van der Waals surface area contributed by atoms with Crippen LogP contribution in [0.5, 0.6) is 0 Å². The van der Waals surface area contributed by atoms with E-state index in [4.69, 9.17) is 0 Å². The summed E-state index contributed by atoms with van der Waals surface area (Å²) in [5.41, 5.74) is -0.227. The molecule has 0 bridgehead atoms. The molecule has 1 saturated heterocycles. The first-order valence-electron chi connectivity index (χ1n) is 11.0. The fourth-order valence-electron chi connectivity index (χ4n) is 4.01. The van der Waals surface area contributed by atoms with Crippen molar-refractivity contribution in [1.82, 2.24) is 14.0 Å². The molecule has 4 rings (SSSR count). The van der Waals surface area contributed by atoms with Crippen LogP contribution >= 0.6 is 11.3 Å². The number of thiophene rings is 1. The lowest BCUT2D eigenvalue weighted by molar-refractivity contribution is -0.131. The molecule has 0 aliphatic carbocycles. The lowest BCUT2D eigenvalue weighted by Gasteiger charge is -2.21. The molecular weight excluding hydrogens is 447 g/mol. The van der Waals surface area contributed by atoms with Crippen molar-refractivity contribution in [3.05, 3.63) is 62.4 Å². The van der Waals surface area contributed by atoms with Gasteiger partial charge in [0.15, 0.2) is 0 Å². The SMILES string of the molecule is O=C(CCn1c(=O)c2sccc2n(CC(=O)N2CCCCCC2)c1=O)Nc1ccc(F)cc1. The lowest BCUT2D eigenvalue weighted by atomic mass is 10.2. The highest BCUT2D eigenvalue weighted by Gasteiger charge is 2.21. The number of anilines is 1. The second-order valence-corrected chi connectivity index (χ2v) is 8.98. The van der Waals surface area contributed by atoms with Gasteiger partial charge in [-0.25, -0.2) is 9.18 Å². The van der Waals surface area contributed by atoms with Crippen LogP contribution in [0.2, 0.25) is 0 Å². The molecule has 2 amide bonds. The number of benzene rings is 1. The van der Waals surface area contributed by atoms with Gasteiger partial charge in [0.2, 0.25) is 11.8 Å². The summed E-state index contributed by atoms with van der Waals surface area (Å²) in [5.74, 6) is -0.976. The fraction of sp³-hybridized carbons (Fsp3) is 0.391. The van der Waals surface area contributed by atoms with Crippen molar-refractivity contribution >= 4 is 39.1 Å². The quantitative estimate of drug-likeness (QED) is 0.597. The van der Waals surface area contributed by atoms with Gasteiger partial charge in [-0.1, -0.05) is 12.8 Å². The van der Waals surface area contributed by atoms with Crippen LogP contribution in [0.1, 0.15) is 32.1 Å². The average molecular weight is 473 g/mol. The van der Waals surface area contributed by atoms with Gasteiger partial charge in [-0.2, -0.15) is 0 Å². The van der Waals surface area contributed by atoms with Crippen molar-refractivity contribution in [3.8, 4) is 0 Å². The predicted molar refractivity (Wildman–Crippen MR) is 125 cm³/mol. The zero-order chi connectivity index (χ0) is 23.4. The van der Waals surface area contributed by atoms with E-state index in [2.05, 4.69) is 5.32 Å². The minimum atomic E-state index is -0.608. The van der Waals surface area contributed by atoms with Gasteiger partial charge < -0.3 is 10.2 Å². The molecule has 0 spiro atoms. The number of nitrogens with one attached hydrogen (secondary N) is 1. The molecule has 10 heteroatoms. The molecule has 1 N–H and O–H groups in total. The molecule has 2 aromatic heterocycles. The first kappa shape index (κ1) is 22.9. The fourth-order valence-corrected chi connectivity index (χ4v) is 4.85. The second-order valence-electron chi connectivity index (χ2n) is 8.06. The Bertz CT molecular complexity index is 1270. The van der Waals surface area contributed by atoms with Gasteiger partial charge in [-0.05, 0) is 48.6 Å². The number of fused-ring (bicyclic) bond motifs is 1. The second kappa shape index (κ2) is 10.1. The summed E-state index contributed by atoms with van der Waals surface area (Å²) >= 11 is 1.20. The summed E-state index contributed by atoms with van der Waals surface area (Å²) in [7, 11) is 0. The highest BCUT2D eigenvalue weighted by molar-refractivity contribution is 7.17. The van der Waals surface area contributed by atoms with E-state index < -0.39 is 23.0 Å². The van der Waals surface area contributed by atoms with Crippen molar-refractivity contribution in [2.45, 2.75) is 45.2 Å². The van der Waals surface area contributed by atoms with E-state index in [0.717, 1.165) is 30.3 Å². The topological polar surface area (TPSA) is 93.4 Å². The Labute approximate surface area is 193 Å². The summed E-state index contributed by atoms with van der Waals surface area (Å²) in [4.78, 5) is 53.1. The maximum absolute atomic E-state index is 13.2. The molecule has 174 valence electrons. The number of amides is 2. The highest BCUT2D eigenvalue weighted by atomic mass is 32.1. The summed E-state index contributed by atoms with van der Waals surface area (Å²) < 4.78 is 15.8. The largest absolute Gasteiger partial charge is 0.341 e. The van der Waals surface area contributed by atoms with E-state index >= 15 is 0 Å². The standard InChI is InChI=1S/C23H25FN4O4S/c24-16-5-7-17(8-6-16)25-19(29)9-13-27-22(31)21-18(10-14-33-21)28(23(27)32)15-20(30)26-11-3-1-2-4-12-26/h5-8,10,14H,1-4,9,11-13,15H2,(H,25,29). The molecule has 1 aromatic carbocycles. The van der Waals surface area contributed by atoms with Crippen LogP contribution in [0, 0.1) is 5.82 Å². The molecule has 0 unspecified atom stereocenters. The van der Waals surface area contributed by atoms with Crippen molar-refractivity contribution in [2.75, 3.05) is 18.4 Å². The van der Waals surface area contributed by atoms with Gasteiger partial charge in [0.05, 0.1) is 5.52 Å². The van der Waals surface area contributed by atoms with Crippen LogP contribution in [-0.4, -0.2) is 38.9 Å². The van der Waals surface area contributed by atoms with E-state index in [1.165, 1.54) is 40.2 Å². The van der Waals surface area contributed by atoms with E-state index in [-0.39, 0.29) is 25.4 Å². The van der Waals surface area contributed by atoms with Gasteiger partial charge in [0, 0.05) is 31.7 Å². The molecule has 0 radical (unpaired) electrons. The van der Waals surface area contributed by atoms with Gasteiger partial charge in [0.25, 0.3) is 5.56 Å². The Morgan fingerprint density at radius 3 is 2.36 bits per heavy atom. The molecule has 8 nitrogen and oxygen atoms in total. The summed E-state index contributed by atoms with van der Waals surface area (Å²) in [6.07, 6.45) is 3.94. The van der Waals surface area contributed by atoms with Crippen molar-refractivity contribution in [3.63, 3.8) is 0 Å². The van der Waals surface area contributed by atoms with Gasteiger partial charge >= 0.3 is 5.69 Å². The molecule has 1 fully saturated rings. The molecule has 0 saturated carbocycles. The third-order valence-corrected chi connectivity index (χ3v) is 6.67. The maximum atomic E-state index is 13.2. The number of rotatable bonds is 6. The van der Waals surface area contributed by atoms with Gasteiger partial charge in [0.1, 0.15) is 17.1 Å². The number of halogens is 1. The van der Waals surface area contributed by atoms with Crippen molar-refractivity contribution < 1.29 is 14.0 Å². The van der Waals surface area contributed by atoms with Gasteiger partial charge in [-0.15, -0.1) is 11.3 Å². The van der Waals surface area contributed by atoms with Crippen molar-refractivity contribution in [1.29, 1.82) is 0 Å². The maximum Gasteiger partial charge on any atom is 0.332 e. The Balaban J connectivity index is 1.55. The Kier molecular flexibility index (Phi) is 7.02. The predicted octanol–water partition coefficient (Wildman–Crippen LogP) is 2.80. The molecular formula is C23H25FN4O4S. The Morgan fingerprint density at radius 1 is 0.970 bits per heavy atom. The third-order valence-electron chi connectivity index (χ3n) is 5.78. The van der Waals surface area contributed by atoms with Crippen LogP contribution in [0.4, 0.5) is 10.1 Å². The first-order valence-corrected chi connectivity index (χ1v) is 11.9. The van der Waals surface area contributed by atoms with Gasteiger partial charge in [-0.3, -0.25) is 23.5 Å². The van der Waals surface area contributed by atoms with E-state index in [9.17, 15) is 23.6 Å². The lowest BCUT2D eigenvalue weighted by Crippen LogP contribution is -2.43. The number of hydrogen-bond acceptors (Lipinski definition) is 5. The molecule has 3 aromatic rings. The van der Waals surface area contributed by atoms with E-state index in [0.29, 0.717) is 29.0 Å². The monoisotopic (exact) mass is 472 g/mol. The summed E-state index contributed by atoms with van der Waals surface area (Å²) in [6.45, 7) is 1.07. The van der Waals surface area contributed by atoms with Crippen LogP contribution in [0.3, 0.4) is 0 Å². The Morgan fingerprint density at radius 2 is 1.67 bits per heavy atom. The highest BCUT2D eigenvalue weighted by Crippen LogP contribution is 2.16. The molecule has 3 heterocycles. The zero-order valence-corrected chi connectivity index (χ0v) is 18.9.